The van der Waals surface area contributed by atoms with Gasteiger partial charge in [-0.05, 0) is 57.9 Å². The summed E-state index contributed by atoms with van der Waals surface area (Å²) in [6, 6.07) is 7.45. The Morgan fingerprint density at radius 2 is 1.96 bits per heavy atom. The molecule has 1 heterocycles. The number of aromatic amines is 1. The lowest BCUT2D eigenvalue weighted by Crippen LogP contribution is -2.25. The molecule has 0 fully saturated rings. The van der Waals surface area contributed by atoms with Crippen molar-refractivity contribution in [3.8, 4) is 5.75 Å². The largest absolute Gasteiger partial charge is 0.484 e. The Balaban J connectivity index is 2.01. The number of ether oxygens (including phenoxy) is 2. The lowest BCUT2D eigenvalue weighted by atomic mass is 10.1. The van der Waals surface area contributed by atoms with Crippen LogP contribution in [0.25, 0.3) is 0 Å². The van der Waals surface area contributed by atoms with Gasteiger partial charge in [-0.1, -0.05) is 12.1 Å². The minimum Gasteiger partial charge on any atom is -0.484 e. The number of aryl methyl sites for hydroxylation is 2. The lowest BCUT2D eigenvalue weighted by molar-refractivity contribution is -0.123. The average molecular weight is 371 g/mol. The van der Waals surface area contributed by atoms with Crippen molar-refractivity contribution in [2.24, 2.45) is 5.10 Å². The van der Waals surface area contributed by atoms with Crippen LogP contribution in [-0.4, -0.2) is 35.8 Å². The fourth-order valence-corrected chi connectivity index (χ4v) is 2.71. The number of aromatic nitrogens is 1. The molecule has 144 valence electrons. The van der Waals surface area contributed by atoms with Crippen LogP contribution in [0.15, 0.2) is 29.4 Å². The van der Waals surface area contributed by atoms with Gasteiger partial charge in [0, 0.05) is 5.69 Å². The Morgan fingerprint density at radius 1 is 1.22 bits per heavy atom. The number of nitrogens with zero attached hydrogens (tertiary/aromatic N) is 1. The fourth-order valence-electron chi connectivity index (χ4n) is 2.71. The molecule has 0 aliphatic rings. The number of hydrazone groups is 1. The van der Waals surface area contributed by atoms with E-state index in [1.807, 2.05) is 32.0 Å². The normalized spacial score (nSPS) is 11.2. The Hall–Kier alpha value is -3.09. The van der Waals surface area contributed by atoms with E-state index in [1.165, 1.54) is 0 Å². The van der Waals surface area contributed by atoms with Gasteiger partial charge in [0.25, 0.3) is 5.91 Å². The number of esters is 1. The number of carbonyl (C=O) groups excluding carboxylic acids is 2. The summed E-state index contributed by atoms with van der Waals surface area (Å²) in [6.07, 6.45) is 0. The number of amides is 1. The predicted molar refractivity (Wildman–Crippen MR) is 103 cm³/mol. The number of hydrogen-bond acceptors (Lipinski definition) is 5. The maximum atomic E-state index is 12.1. The molecule has 0 atom stereocenters. The van der Waals surface area contributed by atoms with Crippen LogP contribution in [0.4, 0.5) is 0 Å². The fraction of sp³-hybridized carbons (Fsp3) is 0.350. The molecule has 0 bridgehead atoms. The van der Waals surface area contributed by atoms with E-state index in [9.17, 15) is 9.59 Å². The minimum absolute atomic E-state index is 0.142. The van der Waals surface area contributed by atoms with Gasteiger partial charge in [0.2, 0.25) is 0 Å². The standard InChI is InChI=1S/C20H25N3O4/c1-6-26-20(25)18-13(3)19(21-14(18)4)15(5)22-23-17(24)11-27-16-9-7-8-12(2)10-16/h7-10,21H,6,11H2,1-5H3,(H,23,24)/b22-15+. The Bertz CT molecular complexity index is 868. The van der Waals surface area contributed by atoms with Gasteiger partial charge < -0.3 is 14.5 Å². The molecule has 0 spiro atoms. The molecule has 2 aromatic rings. The van der Waals surface area contributed by atoms with Gasteiger partial charge in [0.15, 0.2) is 6.61 Å². The second-order valence-electron chi connectivity index (χ2n) is 6.18. The zero-order chi connectivity index (χ0) is 20.0. The zero-order valence-electron chi connectivity index (χ0n) is 16.3. The number of hydrogen-bond donors (Lipinski definition) is 2. The number of H-pyrrole nitrogens is 1. The van der Waals surface area contributed by atoms with Crippen molar-refractivity contribution in [2.45, 2.75) is 34.6 Å². The van der Waals surface area contributed by atoms with E-state index in [1.54, 1.807) is 26.8 Å². The zero-order valence-corrected chi connectivity index (χ0v) is 16.3. The number of benzene rings is 1. The van der Waals surface area contributed by atoms with Gasteiger partial charge in [-0.3, -0.25) is 4.79 Å². The highest BCUT2D eigenvalue weighted by Crippen LogP contribution is 2.19. The SMILES string of the molecule is CCOC(=O)c1c(C)[nH]c(/C(C)=N/NC(=O)COc2cccc(C)c2)c1C. The van der Waals surface area contributed by atoms with E-state index in [2.05, 4.69) is 15.5 Å². The molecule has 2 N–H and O–H groups in total. The first kappa shape index (κ1) is 20.2. The number of rotatable bonds is 7. The van der Waals surface area contributed by atoms with Crippen LogP contribution in [-0.2, 0) is 9.53 Å². The molecule has 0 saturated heterocycles. The van der Waals surface area contributed by atoms with Gasteiger partial charge in [-0.15, -0.1) is 0 Å². The van der Waals surface area contributed by atoms with Crippen molar-refractivity contribution < 1.29 is 19.1 Å². The van der Waals surface area contributed by atoms with Crippen LogP contribution < -0.4 is 10.2 Å². The van der Waals surface area contributed by atoms with Crippen molar-refractivity contribution in [3.63, 3.8) is 0 Å². The molecule has 27 heavy (non-hydrogen) atoms. The average Bonchev–Trinajstić information content (AvgIpc) is 2.92. The predicted octanol–water partition coefficient (Wildman–Crippen LogP) is 3.04. The third-order valence-corrected chi connectivity index (χ3v) is 3.99. The molecule has 0 aliphatic carbocycles. The summed E-state index contributed by atoms with van der Waals surface area (Å²) in [6.45, 7) is 9.23. The molecule has 7 nitrogen and oxygen atoms in total. The molecule has 0 radical (unpaired) electrons. The Labute approximate surface area is 158 Å². The van der Waals surface area contributed by atoms with Crippen molar-refractivity contribution in [3.05, 3.63) is 52.3 Å². The first-order valence-corrected chi connectivity index (χ1v) is 8.72. The van der Waals surface area contributed by atoms with Crippen LogP contribution in [0.1, 0.15) is 46.7 Å². The maximum Gasteiger partial charge on any atom is 0.340 e. The summed E-state index contributed by atoms with van der Waals surface area (Å²) in [5, 5.41) is 4.10. The molecular weight excluding hydrogens is 346 g/mol. The molecule has 1 aromatic heterocycles. The Morgan fingerprint density at radius 3 is 2.63 bits per heavy atom. The third-order valence-electron chi connectivity index (χ3n) is 3.99. The van der Waals surface area contributed by atoms with Crippen molar-refractivity contribution in [1.82, 2.24) is 10.4 Å². The smallest absolute Gasteiger partial charge is 0.340 e. The summed E-state index contributed by atoms with van der Waals surface area (Å²) in [5.41, 5.74) is 6.67. The van der Waals surface area contributed by atoms with Crippen LogP contribution >= 0.6 is 0 Å². The van der Waals surface area contributed by atoms with Crippen LogP contribution in [0.5, 0.6) is 5.75 Å². The molecule has 7 heteroatoms. The highest BCUT2D eigenvalue weighted by molar-refractivity contribution is 6.03. The molecule has 2 rings (SSSR count). The van der Waals surface area contributed by atoms with Crippen LogP contribution in [0, 0.1) is 20.8 Å². The Kier molecular flexibility index (Phi) is 6.76. The van der Waals surface area contributed by atoms with E-state index in [0.717, 1.165) is 11.1 Å². The molecule has 1 aromatic carbocycles. The first-order valence-electron chi connectivity index (χ1n) is 8.72. The van der Waals surface area contributed by atoms with E-state index in [4.69, 9.17) is 9.47 Å². The summed E-state index contributed by atoms with van der Waals surface area (Å²) in [4.78, 5) is 27.1. The highest BCUT2D eigenvalue weighted by Gasteiger charge is 2.20. The first-order chi connectivity index (χ1) is 12.8. The molecule has 1 amide bonds. The van der Waals surface area contributed by atoms with E-state index in [0.29, 0.717) is 35.0 Å². The monoisotopic (exact) mass is 371 g/mol. The number of carbonyl (C=O) groups is 2. The summed E-state index contributed by atoms with van der Waals surface area (Å²) < 4.78 is 10.5. The minimum atomic E-state index is -0.376. The van der Waals surface area contributed by atoms with E-state index >= 15 is 0 Å². The quantitative estimate of drug-likeness (QED) is 0.444. The van der Waals surface area contributed by atoms with Crippen LogP contribution in [0.3, 0.4) is 0 Å². The topological polar surface area (TPSA) is 92.8 Å². The van der Waals surface area contributed by atoms with Gasteiger partial charge >= 0.3 is 5.97 Å². The third kappa shape index (κ3) is 5.20. The maximum absolute atomic E-state index is 12.1. The molecule has 0 unspecified atom stereocenters. The van der Waals surface area contributed by atoms with Crippen LogP contribution in [0.2, 0.25) is 0 Å². The van der Waals surface area contributed by atoms with Gasteiger partial charge in [-0.25, -0.2) is 10.2 Å². The van der Waals surface area contributed by atoms with Crippen molar-refractivity contribution in [1.29, 1.82) is 0 Å². The van der Waals surface area contributed by atoms with Gasteiger partial charge in [-0.2, -0.15) is 5.10 Å². The summed E-state index contributed by atoms with van der Waals surface area (Å²) >= 11 is 0. The second-order valence-corrected chi connectivity index (χ2v) is 6.18. The van der Waals surface area contributed by atoms with E-state index in [-0.39, 0.29) is 18.5 Å². The molecule has 0 aliphatic heterocycles. The van der Waals surface area contributed by atoms with Crippen molar-refractivity contribution in [2.75, 3.05) is 13.2 Å². The summed E-state index contributed by atoms with van der Waals surface area (Å²) in [5.74, 6) is -0.124. The highest BCUT2D eigenvalue weighted by atomic mass is 16.5. The second kappa shape index (κ2) is 9.02. The van der Waals surface area contributed by atoms with Crippen molar-refractivity contribution >= 4 is 17.6 Å². The molecular formula is C20H25N3O4. The van der Waals surface area contributed by atoms with E-state index < -0.39 is 0 Å². The number of nitrogens with one attached hydrogen (secondary N) is 2. The lowest BCUT2D eigenvalue weighted by Gasteiger charge is -2.06. The van der Waals surface area contributed by atoms with Gasteiger partial charge in [0.1, 0.15) is 5.75 Å². The van der Waals surface area contributed by atoms with Gasteiger partial charge in [0.05, 0.1) is 23.6 Å². The molecule has 0 saturated carbocycles. The summed E-state index contributed by atoms with van der Waals surface area (Å²) in [7, 11) is 0.